The Morgan fingerprint density at radius 3 is 2.37 bits per heavy atom. The lowest BCUT2D eigenvalue weighted by Crippen LogP contribution is -2.12. The third-order valence-electron chi connectivity index (χ3n) is 3.04. The number of amidine groups is 1. The first-order chi connectivity index (χ1) is 12.7. The van der Waals surface area contributed by atoms with Gasteiger partial charge in [0.05, 0.1) is 5.56 Å². The van der Waals surface area contributed by atoms with Crippen LogP contribution in [0.2, 0.25) is 0 Å². The molecule has 0 atom stereocenters. The molecule has 0 saturated carbocycles. The Morgan fingerprint density at radius 1 is 1.22 bits per heavy atom. The highest BCUT2D eigenvalue weighted by atomic mass is 79.9. The van der Waals surface area contributed by atoms with E-state index in [-0.39, 0.29) is 28.7 Å². The first-order valence-electron chi connectivity index (χ1n) is 6.97. The number of nitriles is 1. The van der Waals surface area contributed by atoms with Gasteiger partial charge in [-0.1, -0.05) is 27.7 Å². The summed E-state index contributed by atoms with van der Waals surface area (Å²) >= 11 is 4.26. The number of aliphatic imine (C=N–C) groups is 1. The molecule has 0 unspecified atom stereocenters. The molecule has 0 saturated heterocycles. The van der Waals surface area contributed by atoms with Crippen LogP contribution < -0.4 is 10.1 Å². The average molecular weight is 466 g/mol. The highest BCUT2D eigenvalue weighted by Gasteiger charge is 2.33. The van der Waals surface area contributed by atoms with Gasteiger partial charge in [0.25, 0.3) is 0 Å². The summed E-state index contributed by atoms with van der Waals surface area (Å²) in [6, 6.07) is 4.62. The standard InChI is InChI=1S/C16H9BrF5N3OS/c1-27-15(24-7-23)25-12-3-2-9(17)6-13(12)26-14-10(18)4-8(5-11(14)19)16(20,21)22/h2-6H,1H3,(H,24,25). The Balaban J connectivity index is 2.49. The number of alkyl halides is 3. The molecule has 0 aliphatic carbocycles. The fraction of sp³-hybridized carbons (Fsp3) is 0.125. The average Bonchev–Trinajstić information content (AvgIpc) is 2.58. The van der Waals surface area contributed by atoms with Crippen LogP contribution in [-0.4, -0.2) is 11.4 Å². The fourth-order valence-corrected chi connectivity index (χ4v) is 2.55. The van der Waals surface area contributed by atoms with Crippen LogP contribution >= 0.6 is 27.7 Å². The smallest absolute Gasteiger partial charge is 0.416 e. The molecule has 4 nitrogen and oxygen atoms in total. The van der Waals surface area contributed by atoms with E-state index >= 15 is 0 Å². The number of hydrogen-bond donors (Lipinski definition) is 1. The zero-order valence-electron chi connectivity index (χ0n) is 13.4. The van der Waals surface area contributed by atoms with Gasteiger partial charge < -0.3 is 4.74 Å². The lowest BCUT2D eigenvalue weighted by atomic mass is 10.2. The summed E-state index contributed by atoms with van der Waals surface area (Å²) in [5.41, 5.74) is -1.37. The summed E-state index contributed by atoms with van der Waals surface area (Å²) in [4.78, 5) is 4.10. The van der Waals surface area contributed by atoms with E-state index < -0.39 is 29.1 Å². The SMILES string of the molecule is CSC(=Nc1ccc(Br)cc1Oc1c(F)cc(C(F)(F)F)cc1F)NC#N. The Labute approximate surface area is 163 Å². The first-order valence-corrected chi connectivity index (χ1v) is 8.99. The van der Waals surface area contributed by atoms with Gasteiger partial charge in [-0.15, -0.1) is 0 Å². The van der Waals surface area contributed by atoms with Crippen LogP contribution in [0.3, 0.4) is 0 Å². The molecule has 11 heteroatoms. The summed E-state index contributed by atoms with van der Waals surface area (Å²) in [5, 5.41) is 11.2. The van der Waals surface area contributed by atoms with Gasteiger partial charge in [-0.05, 0) is 36.6 Å². The Morgan fingerprint density at radius 2 is 1.85 bits per heavy atom. The van der Waals surface area contributed by atoms with Crippen LogP contribution in [-0.2, 0) is 6.18 Å². The molecule has 0 amide bonds. The minimum Gasteiger partial charge on any atom is -0.449 e. The summed E-state index contributed by atoms with van der Waals surface area (Å²) in [7, 11) is 0. The fourth-order valence-electron chi connectivity index (χ4n) is 1.87. The molecule has 0 radical (unpaired) electrons. The maximum atomic E-state index is 14.0. The minimum atomic E-state index is -4.90. The number of hydrogen-bond acceptors (Lipinski definition) is 4. The van der Waals surface area contributed by atoms with Crippen molar-refractivity contribution in [3.05, 3.63) is 52.0 Å². The van der Waals surface area contributed by atoms with Crippen LogP contribution in [0.1, 0.15) is 5.56 Å². The lowest BCUT2D eigenvalue weighted by Gasteiger charge is -2.13. The third-order valence-corrected chi connectivity index (χ3v) is 4.11. The molecule has 2 aromatic rings. The van der Waals surface area contributed by atoms with Crippen LogP contribution in [0.5, 0.6) is 11.5 Å². The molecular formula is C16H9BrF5N3OS. The molecule has 0 spiro atoms. The van der Waals surface area contributed by atoms with Crippen LogP contribution in [0.15, 0.2) is 39.8 Å². The van der Waals surface area contributed by atoms with Crippen molar-refractivity contribution < 1.29 is 26.7 Å². The Kier molecular flexibility index (Phi) is 6.67. The molecule has 2 aromatic carbocycles. The highest BCUT2D eigenvalue weighted by Crippen LogP contribution is 2.39. The Bertz CT molecular complexity index is 904. The van der Waals surface area contributed by atoms with Crippen molar-refractivity contribution >= 4 is 38.5 Å². The van der Waals surface area contributed by atoms with Crippen LogP contribution in [0.4, 0.5) is 27.6 Å². The molecule has 0 aromatic heterocycles. The maximum absolute atomic E-state index is 14.0. The number of thioether (sulfide) groups is 1. The molecule has 0 fully saturated rings. The van der Waals surface area contributed by atoms with Gasteiger partial charge in [0.15, 0.2) is 34.5 Å². The number of benzene rings is 2. The van der Waals surface area contributed by atoms with Gasteiger partial charge in [-0.25, -0.2) is 13.8 Å². The summed E-state index contributed by atoms with van der Waals surface area (Å²) in [6.07, 6.45) is -1.58. The first kappa shape index (κ1) is 21.0. The predicted molar refractivity (Wildman–Crippen MR) is 94.9 cm³/mol. The van der Waals surface area contributed by atoms with Crippen molar-refractivity contribution in [2.45, 2.75) is 6.18 Å². The number of nitrogens with one attached hydrogen (secondary N) is 1. The second-order valence-electron chi connectivity index (χ2n) is 4.84. The van der Waals surface area contributed by atoms with Gasteiger partial charge in [0.2, 0.25) is 0 Å². The largest absolute Gasteiger partial charge is 0.449 e. The molecular weight excluding hydrogens is 457 g/mol. The van der Waals surface area contributed by atoms with E-state index in [0.29, 0.717) is 4.47 Å². The maximum Gasteiger partial charge on any atom is 0.416 e. The zero-order chi connectivity index (χ0) is 20.2. The van der Waals surface area contributed by atoms with E-state index in [1.165, 1.54) is 12.1 Å². The van der Waals surface area contributed by atoms with Gasteiger partial charge in [-0.2, -0.15) is 18.4 Å². The minimum absolute atomic E-state index is 0.101. The van der Waals surface area contributed by atoms with Crippen molar-refractivity contribution in [3.8, 4) is 17.7 Å². The van der Waals surface area contributed by atoms with Gasteiger partial charge in [0, 0.05) is 4.47 Å². The van der Waals surface area contributed by atoms with Crippen molar-refractivity contribution in [3.63, 3.8) is 0 Å². The number of ether oxygens (including phenoxy) is 1. The van der Waals surface area contributed by atoms with Crippen molar-refractivity contribution in [2.24, 2.45) is 4.99 Å². The monoisotopic (exact) mass is 465 g/mol. The second kappa shape index (κ2) is 8.58. The third kappa shape index (κ3) is 5.33. The van der Waals surface area contributed by atoms with Gasteiger partial charge in [0.1, 0.15) is 5.69 Å². The van der Waals surface area contributed by atoms with Crippen LogP contribution in [0.25, 0.3) is 0 Å². The van der Waals surface area contributed by atoms with E-state index in [2.05, 4.69) is 26.2 Å². The van der Waals surface area contributed by atoms with Crippen LogP contribution in [0, 0.1) is 23.1 Å². The Hall–Kier alpha value is -2.32. The molecule has 0 heterocycles. The molecule has 0 aliphatic rings. The lowest BCUT2D eigenvalue weighted by molar-refractivity contribution is -0.138. The van der Waals surface area contributed by atoms with Gasteiger partial charge in [-0.3, -0.25) is 5.32 Å². The zero-order valence-corrected chi connectivity index (χ0v) is 15.8. The molecule has 0 bridgehead atoms. The number of nitrogens with zero attached hydrogens (tertiary/aromatic N) is 2. The molecule has 27 heavy (non-hydrogen) atoms. The molecule has 2 rings (SSSR count). The summed E-state index contributed by atoms with van der Waals surface area (Å²) in [5.74, 6) is -4.17. The van der Waals surface area contributed by atoms with Crippen molar-refractivity contribution in [2.75, 3.05) is 6.26 Å². The van der Waals surface area contributed by atoms with E-state index in [0.717, 1.165) is 11.8 Å². The highest BCUT2D eigenvalue weighted by molar-refractivity contribution is 9.10. The van der Waals surface area contributed by atoms with E-state index in [9.17, 15) is 22.0 Å². The summed E-state index contributed by atoms with van der Waals surface area (Å²) in [6.45, 7) is 0. The number of halogens is 6. The number of rotatable bonds is 3. The van der Waals surface area contributed by atoms with E-state index in [4.69, 9.17) is 10.00 Å². The quantitative estimate of drug-likeness (QED) is 0.200. The summed E-state index contributed by atoms with van der Waals surface area (Å²) < 4.78 is 71.7. The predicted octanol–water partition coefficient (Wildman–Crippen LogP) is 5.96. The normalized spacial score (nSPS) is 11.9. The second-order valence-corrected chi connectivity index (χ2v) is 6.55. The van der Waals surface area contributed by atoms with Gasteiger partial charge >= 0.3 is 6.18 Å². The van der Waals surface area contributed by atoms with Crippen molar-refractivity contribution in [1.82, 2.24) is 5.32 Å². The topological polar surface area (TPSA) is 57.4 Å². The van der Waals surface area contributed by atoms with E-state index in [1.807, 2.05) is 0 Å². The van der Waals surface area contributed by atoms with Crippen molar-refractivity contribution in [1.29, 1.82) is 5.26 Å². The molecule has 1 N–H and O–H groups in total. The molecule has 142 valence electrons. The molecule has 0 aliphatic heterocycles. The van der Waals surface area contributed by atoms with E-state index in [1.54, 1.807) is 18.5 Å².